The molecule has 0 aliphatic heterocycles. The van der Waals surface area contributed by atoms with Crippen molar-refractivity contribution in [2.45, 2.75) is 24.5 Å². The monoisotopic (exact) mass is 552 g/mol. The van der Waals surface area contributed by atoms with E-state index in [4.69, 9.17) is 5.73 Å². The van der Waals surface area contributed by atoms with Crippen LogP contribution in [0, 0.1) is 17.7 Å². The first-order valence-electron chi connectivity index (χ1n) is 12.2. The quantitative estimate of drug-likeness (QED) is 0.234. The van der Waals surface area contributed by atoms with Crippen LogP contribution in [0.5, 0.6) is 5.75 Å². The average Bonchev–Trinajstić information content (AvgIpc) is 2.89. The molecule has 5 rings (SSSR count). The summed E-state index contributed by atoms with van der Waals surface area (Å²) < 4.78 is 15.4. The van der Waals surface area contributed by atoms with Crippen LogP contribution in [-0.2, 0) is 16.0 Å². The molecule has 40 heavy (non-hydrogen) atoms. The number of nitrogens with zero attached hydrogens (tertiary/aromatic N) is 2. The summed E-state index contributed by atoms with van der Waals surface area (Å²) in [5.74, 6) is -10.2. The molecule has 0 bridgehead atoms. The molecule has 0 saturated heterocycles. The van der Waals surface area contributed by atoms with Gasteiger partial charge in [0.25, 0.3) is 11.8 Å². The van der Waals surface area contributed by atoms with Crippen molar-refractivity contribution in [3.8, 4) is 5.75 Å². The molecule has 2 amide bonds. The summed E-state index contributed by atoms with van der Waals surface area (Å²) in [6.07, 6.45) is 0.959. The van der Waals surface area contributed by atoms with E-state index in [0.29, 0.717) is 0 Å². The molecule has 1 heterocycles. The maximum atomic E-state index is 15.4. The van der Waals surface area contributed by atoms with Gasteiger partial charge in [0.15, 0.2) is 17.1 Å². The number of likely N-dealkylation sites (N-methyl/N-ethyl adjacent to an activating group) is 1. The Bertz CT molecular complexity index is 1570. The molecule has 1 aromatic carbocycles. The minimum absolute atomic E-state index is 0.0415. The van der Waals surface area contributed by atoms with Gasteiger partial charge in [-0.1, -0.05) is 6.07 Å². The molecule has 0 fully saturated rings. The van der Waals surface area contributed by atoms with Crippen molar-refractivity contribution in [1.82, 2.24) is 9.88 Å². The summed E-state index contributed by atoms with van der Waals surface area (Å²) in [7, 11) is 3.01. The van der Waals surface area contributed by atoms with Crippen LogP contribution in [0.4, 0.5) is 10.1 Å². The van der Waals surface area contributed by atoms with Crippen molar-refractivity contribution in [2.75, 3.05) is 19.4 Å². The minimum atomic E-state index is -2.82. The lowest BCUT2D eigenvalue weighted by Gasteiger charge is -2.50. The van der Waals surface area contributed by atoms with Gasteiger partial charge in [-0.25, -0.2) is 4.39 Å². The predicted octanol–water partition coefficient (Wildman–Crippen LogP) is 0.907. The number of phenolic OH excluding ortho intramolecular Hbond substituents is 1. The fourth-order valence-corrected chi connectivity index (χ4v) is 6.05. The van der Waals surface area contributed by atoms with E-state index >= 15 is 4.39 Å². The Morgan fingerprint density at radius 1 is 1.20 bits per heavy atom. The Labute approximate surface area is 226 Å². The summed E-state index contributed by atoms with van der Waals surface area (Å²) in [6, 6.07) is 4.20. The maximum Gasteiger partial charge on any atom is 0.274 e. The number of carbonyl (C=O) groups excluding carboxylic acids is 4. The number of nitrogens with two attached hydrogens (primary N) is 1. The SMILES string of the molecule is CN(C)[C@@H]1C(O)=C(C(N)=O)C(=O)[C@@]2(O)C(O)=C3C(=O)c4c(O)c(NC(=O)c5ccccn5)cc(F)c4C[C@H]3C[C@@H]12. The van der Waals surface area contributed by atoms with Crippen molar-refractivity contribution in [2.24, 2.45) is 17.6 Å². The van der Waals surface area contributed by atoms with Crippen LogP contribution < -0.4 is 11.1 Å². The number of allylic oxidation sites excluding steroid dienone is 1. The number of pyridine rings is 1. The number of phenols is 1. The zero-order chi connectivity index (χ0) is 29.3. The highest BCUT2D eigenvalue weighted by molar-refractivity contribution is 6.25. The van der Waals surface area contributed by atoms with Gasteiger partial charge in [-0.15, -0.1) is 0 Å². The van der Waals surface area contributed by atoms with E-state index in [2.05, 4.69) is 10.3 Å². The Morgan fingerprint density at radius 2 is 1.90 bits per heavy atom. The lowest BCUT2D eigenvalue weighted by Crippen LogP contribution is -2.63. The molecule has 3 aliphatic carbocycles. The number of nitrogens with one attached hydrogen (secondary N) is 1. The van der Waals surface area contributed by atoms with Gasteiger partial charge in [0.1, 0.15) is 28.6 Å². The number of benzene rings is 1. The molecule has 3 aliphatic rings. The zero-order valence-electron chi connectivity index (χ0n) is 21.3. The molecule has 2 aromatic rings. The van der Waals surface area contributed by atoms with Crippen LogP contribution >= 0.6 is 0 Å². The summed E-state index contributed by atoms with van der Waals surface area (Å²) in [6.45, 7) is 0. The molecule has 4 atom stereocenters. The van der Waals surface area contributed by atoms with Crippen molar-refractivity contribution in [3.63, 3.8) is 0 Å². The zero-order valence-corrected chi connectivity index (χ0v) is 21.3. The second-order valence-electron chi connectivity index (χ2n) is 10.2. The van der Waals surface area contributed by atoms with Gasteiger partial charge in [0, 0.05) is 29.3 Å². The molecule has 208 valence electrons. The maximum absolute atomic E-state index is 15.4. The average molecular weight is 553 g/mol. The van der Waals surface area contributed by atoms with Gasteiger partial charge in [0.05, 0.1) is 17.3 Å². The number of primary amides is 1. The van der Waals surface area contributed by atoms with Crippen molar-refractivity contribution < 1.29 is 44.0 Å². The van der Waals surface area contributed by atoms with E-state index in [9.17, 15) is 39.6 Å². The van der Waals surface area contributed by atoms with Crippen LogP contribution in [0.2, 0.25) is 0 Å². The van der Waals surface area contributed by atoms with Crippen LogP contribution in [0.15, 0.2) is 53.1 Å². The third kappa shape index (κ3) is 3.69. The van der Waals surface area contributed by atoms with Gasteiger partial charge in [0.2, 0.25) is 5.78 Å². The molecule has 7 N–H and O–H groups in total. The fraction of sp³-hybridized carbons (Fsp3) is 0.296. The first-order chi connectivity index (χ1) is 18.8. The molecule has 1 aromatic heterocycles. The van der Waals surface area contributed by atoms with E-state index in [1.54, 1.807) is 12.1 Å². The lowest BCUT2D eigenvalue weighted by molar-refractivity contribution is -0.148. The van der Waals surface area contributed by atoms with Gasteiger partial charge in [-0.3, -0.25) is 29.1 Å². The molecule has 0 saturated carbocycles. The Hall–Kier alpha value is -4.62. The number of aromatic nitrogens is 1. The van der Waals surface area contributed by atoms with Crippen molar-refractivity contribution in [3.05, 3.63) is 75.8 Å². The third-order valence-corrected chi connectivity index (χ3v) is 7.81. The van der Waals surface area contributed by atoms with Crippen molar-refractivity contribution >= 4 is 29.1 Å². The molecule has 0 radical (unpaired) electrons. The van der Waals surface area contributed by atoms with Crippen LogP contribution in [0.3, 0.4) is 0 Å². The number of fused-ring (bicyclic) bond motifs is 3. The Kier molecular flexibility index (Phi) is 6.23. The van der Waals surface area contributed by atoms with E-state index in [0.717, 1.165) is 6.07 Å². The number of carbonyl (C=O) groups is 4. The third-order valence-electron chi connectivity index (χ3n) is 7.81. The highest BCUT2D eigenvalue weighted by atomic mass is 19.1. The van der Waals surface area contributed by atoms with Gasteiger partial charge in [-0.2, -0.15) is 0 Å². The van der Waals surface area contributed by atoms with E-state index in [1.165, 1.54) is 31.3 Å². The van der Waals surface area contributed by atoms with Crippen molar-refractivity contribution in [1.29, 1.82) is 0 Å². The first-order valence-corrected chi connectivity index (χ1v) is 12.2. The minimum Gasteiger partial charge on any atom is -0.510 e. The first kappa shape index (κ1) is 27.0. The summed E-state index contributed by atoms with van der Waals surface area (Å²) in [5, 5.41) is 46.9. The topological polar surface area (TPSA) is 203 Å². The summed E-state index contributed by atoms with van der Waals surface area (Å²) >= 11 is 0. The fourth-order valence-electron chi connectivity index (χ4n) is 6.05. The molecule has 13 heteroatoms. The van der Waals surface area contributed by atoms with Gasteiger partial charge in [-0.05, 0) is 45.0 Å². The number of Topliss-reactive ketones (excluding diaryl/α,β-unsaturated/α-hetero) is 2. The molecule has 12 nitrogen and oxygen atoms in total. The second-order valence-corrected chi connectivity index (χ2v) is 10.2. The normalized spacial score (nSPS) is 25.9. The highest BCUT2D eigenvalue weighted by Gasteiger charge is 2.63. The number of amides is 2. The number of aromatic hydroxyl groups is 1. The van der Waals surface area contributed by atoms with Gasteiger partial charge >= 0.3 is 0 Å². The van der Waals surface area contributed by atoms with E-state index in [1.807, 2.05) is 0 Å². The second kappa shape index (κ2) is 9.24. The smallest absolute Gasteiger partial charge is 0.274 e. The number of rotatable bonds is 4. The van der Waals surface area contributed by atoms with Crippen LogP contribution in [0.25, 0.3) is 0 Å². The number of aliphatic hydroxyl groups is 3. The molecule has 0 spiro atoms. The van der Waals surface area contributed by atoms with E-state index < -0.39 is 92.3 Å². The molecular formula is C27H25FN4O8. The standard InChI is InChI=1S/C27H25FN4O8/c1-32(2)19-12-8-10-7-11-13(28)9-15(31-26(39)14-5-3-4-6-30-14)20(33)17(11)21(34)16(10)23(36)27(12,40)24(37)18(22(19)35)25(29)38/h3-6,9-10,12,19,33,35-36,40H,7-8H2,1-2H3,(H2,29,38)(H,31,39)/t10-,12-,19-,27-/m0/s1. The van der Waals surface area contributed by atoms with Crippen LogP contribution in [0.1, 0.15) is 32.8 Å². The Balaban J connectivity index is 1.64. The number of hydrogen-bond acceptors (Lipinski definition) is 10. The number of anilines is 1. The number of hydrogen-bond donors (Lipinski definition) is 6. The number of ketones is 2. The highest BCUT2D eigenvalue weighted by Crippen LogP contribution is 2.53. The summed E-state index contributed by atoms with van der Waals surface area (Å²) in [4.78, 5) is 56.9. The predicted molar refractivity (Wildman–Crippen MR) is 136 cm³/mol. The van der Waals surface area contributed by atoms with E-state index in [-0.39, 0.29) is 24.1 Å². The summed E-state index contributed by atoms with van der Waals surface area (Å²) in [5.41, 5.74) is -0.0999. The molecular weight excluding hydrogens is 527 g/mol. The lowest BCUT2D eigenvalue weighted by atomic mass is 9.58. The Morgan fingerprint density at radius 3 is 2.50 bits per heavy atom. The van der Waals surface area contributed by atoms with Crippen LogP contribution in [-0.4, -0.2) is 79.4 Å². The number of aliphatic hydroxyl groups excluding tert-OH is 2. The van der Waals surface area contributed by atoms with Gasteiger partial charge < -0.3 is 31.5 Å². The largest absolute Gasteiger partial charge is 0.510 e. The number of halogens is 1. The molecule has 0 unspecified atom stereocenters.